The lowest BCUT2D eigenvalue weighted by Gasteiger charge is -2.21. The second-order valence-corrected chi connectivity index (χ2v) is 4.36. The molecule has 0 saturated heterocycles. The first-order chi connectivity index (χ1) is 8.44. The average molecular weight is 255 g/mol. The molecule has 0 amide bonds. The van der Waals surface area contributed by atoms with Gasteiger partial charge in [0, 0.05) is 19.3 Å². The highest BCUT2D eigenvalue weighted by Gasteiger charge is 2.24. The monoisotopic (exact) mass is 255 g/mol. The minimum Gasteiger partial charge on any atom is -0.469 e. The van der Waals surface area contributed by atoms with Crippen molar-refractivity contribution < 1.29 is 19.1 Å². The quantitative estimate of drug-likeness (QED) is 0.651. The van der Waals surface area contributed by atoms with Crippen LogP contribution in [0.25, 0.3) is 0 Å². The highest BCUT2D eigenvalue weighted by atomic mass is 16.5. The highest BCUT2D eigenvalue weighted by molar-refractivity contribution is 5.72. The van der Waals surface area contributed by atoms with Crippen LogP contribution in [0.1, 0.15) is 40.0 Å². The maximum atomic E-state index is 11.3. The van der Waals surface area contributed by atoms with Crippen LogP contribution in [0.15, 0.2) is 0 Å². The van der Waals surface area contributed by atoms with Gasteiger partial charge in [0.05, 0.1) is 19.1 Å². The first-order valence-electron chi connectivity index (χ1n) is 6.09. The van der Waals surface area contributed by atoms with Gasteiger partial charge >= 0.3 is 11.9 Å². The van der Waals surface area contributed by atoms with Crippen LogP contribution in [-0.2, 0) is 19.1 Å². The van der Waals surface area contributed by atoms with Crippen molar-refractivity contribution in [2.75, 3.05) is 7.11 Å². The van der Waals surface area contributed by atoms with Crippen LogP contribution in [0, 0.1) is 23.2 Å². The van der Waals surface area contributed by atoms with Crippen molar-refractivity contribution in [3.05, 3.63) is 0 Å². The second-order valence-electron chi connectivity index (χ2n) is 4.36. The summed E-state index contributed by atoms with van der Waals surface area (Å²) in [7, 11) is 1.32. The van der Waals surface area contributed by atoms with Crippen LogP contribution in [0.4, 0.5) is 0 Å². The number of carbonyl (C=O) groups is 2. The molecule has 0 bridgehead atoms. The number of hydrogen-bond acceptors (Lipinski definition) is 5. The fourth-order valence-corrected chi connectivity index (χ4v) is 1.75. The van der Waals surface area contributed by atoms with E-state index in [1.54, 1.807) is 6.92 Å². The summed E-state index contributed by atoms with van der Waals surface area (Å²) in [6.45, 7) is 4.95. The standard InChI is InChI=1S/C13H21NO4/c1-5-11(8-14)7-12(18-10(3)15)6-9(2)13(16)17-4/h9,11-12H,5-7H2,1-4H3. The van der Waals surface area contributed by atoms with Crippen molar-refractivity contribution in [1.82, 2.24) is 0 Å². The molecule has 0 aliphatic heterocycles. The number of hydrogen-bond donors (Lipinski definition) is 0. The van der Waals surface area contributed by atoms with E-state index in [0.717, 1.165) is 0 Å². The molecule has 0 aromatic heterocycles. The molecule has 0 spiro atoms. The van der Waals surface area contributed by atoms with Crippen LogP contribution in [-0.4, -0.2) is 25.2 Å². The Hall–Kier alpha value is -1.57. The summed E-state index contributed by atoms with van der Waals surface area (Å²) in [5, 5.41) is 8.92. The average Bonchev–Trinajstić information content (AvgIpc) is 2.33. The first-order valence-corrected chi connectivity index (χ1v) is 6.09. The van der Waals surface area contributed by atoms with Gasteiger partial charge in [-0.1, -0.05) is 13.8 Å². The van der Waals surface area contributed by atoms with Gasteiger partial charge in [0.1, 0.15) is 6.10 Å². The zero-order chi connectivity index (χ0) is 14.1. The van der Waals surface area contributed by atoms with Gasteiger partial charge in [0.15, 0.2) is 0 Å². The molecule has 5 heteroatoms. The summed E-state index contributed by atoms with van der Waals surface area (Å²) >= 11 is 0. The first kappa shape index (κ1) is 16.4. The molecule has 0 fully saturated rings. The fourth-order valence-electron chi connectivity index (χ4n) is 1.75. The molecule has 5 nitrogen and oxygen atoms in total. The van der Waals surface area contributed by atoms with Crippen molar-refractivity contribution >= 4 is 11.9 Å². The summed E-state index contributed by atoms with van der Waals surface area (Å²) < 4.78 is 9.78. The summed E-state index contributed by atoms with van der Waals surface area (Å²) in [5.41, 5.74) is 0. The Bertz CT molecular complexity index is 321. The summed E-state index contributed by atoms with van der Waals surface area (Å²) in [4.78, 5) is 22.3. The summed E-state index contributed by atoms with van der Waals surface area (Å²) in [6, 6.07) is 2.16. The molecule has 0 aliphatic carbocycles. The Morgan fingerprint density at radius 3 is 2.33 bits per heavy atom. The van der Waals surface area contributed by atoms with Gasteiger partial charge < -0.3 is 9.47 Å². The molecule has 3 atom stereocenters. The lowest BCUT2D eigenvalue weighted by molar-refractivity contribution is -0.153. The van der Waals surface area contributed by atoms with Crippen LogP contribution >= 0.6 is 0 Å². The molecule has 0 N–H and O–H groups in total. The predicted octanol–water partition coefficient (Wildman–Crippen LogP) is 2.06. The number of ether oxygens (including phenoxy) is 2. The predicted molar refractivity (Wildman–Crippen MR) is 65.4 cm³/mol. The van der Waals surface area contributed by atoms with Gasteiger partial charge in [-0.25, -0.2) is 0 Å². The van der Waals surface area contributed by atoms with Crippen LogP contribution < -0.4 is 0 Å². The highest BCUT2D eigenvalue weighted by Crippen LogP contribution is 2.19. The Morgan fingerprint density at radius 1 is 1.33 bits per heavy atom. The van der Waals surface area contributed by atoms with Crippen molar-refractivity contribution in [2.45, 2.75) is 46.1 Å². The van der Waals surface area contributed by atoms with Crippen LogP contribution in [0.2, 0.25) is 0 Å². The fraction of sp³-hybridized carbons (Fsp3) is 0.769. The molecule has 0 aliphatic rings. The molecule has 0 aromatic carbocycles. The van der Waals surface area contributed by atoms with E-state index in [4.69, 9.17) is 10.00 Å². The Morgan fingerprint density at radius 2 is 1.94 bits per heavy atom. The maximum absolute atomic E-state index is 11.3. The number of methoxy groups -OCH3 is 1. The minimum absolute atomic E-state index is 0.167. The smallest absolute Gasteiger partial charge is 0.308 e. The third-order valence-electron chi connectivity index (χ3n) is 2.78. The molecule has 0 rings (SSSR count). The number of nitriles is 1. The van der Waals surface area contributed by atoms with E-state index < -0.39 is 12.1 Å². The normalized spacial score (nSPS) is 15.1. The Kier molecular flexibility index (Phi) is 7.77. The van der Waals surface area contributed by atoms with Gasteiger partial charge in [0.25, 0.3) is 0 Å². The van der Waals surface area contributed by atoms with Gasteiger partial charge in [0.2, 0.25) is 0 Å². The molecular formula is C13H21NO4. The largest absolute Gasteiger partial charge is 0.469 e. The van der Waals surface area contributed by atoms with E-state index in [2.05, 4.69) is 10.8 Å². The van der Waals surface area contributed by atoms with Gasteiger partial charge in [-0.2, -0.15) is 5.26 Å². The van der Waals surface area contributed by atoms with Gasteiger partial charge in [-0.05, 0) is 12.8 Å². The Balaban J connectivity index is 4.53. The van der Waals surface area contributed by atoms with E-state index in [0.29, 0.717) is 19.3 Å². The molecule has 18 heavy (non-hydrogen) atoms. The Labute approximate surface area is 108 Å². The van der Waals surface area contributed by atoms with Gasteiger partial charge in [-0.3, -0.25) is 9.59 Å². The molecule has 102 valence electrons. The molecule has 3 unspecified atom stereocenters. The molecule has 0 radical (unpaired) electrons. The lowest BCUT2D eigenvalue weighted by atomic mass is 9.94. The number of nitrogens with zero attached hydrogens (tertiary/aromatic N) is 1. The summed E-state index contributed by atoms with van der Waals surface area (Å²) in [6.07, 6.45) is 1.11. The third kappa shape index (κ3) is 6.24. The third-order valence-corrected chi connectivity index (χ3v) is 2.78. The zero-order valence-electron chi connectivity index (χ0n) is 11.4. The van der Waals surface area contributed by atoms with Crippen molar-refractivity contribution in [3.8, 4) is 6.07 Å². The van der Waals surface area contributed by atoms with E-state index in [-0.39, 0.29) is 17.8 Å². The van der Waals surface area contributed by atoms with E-state index in [9.17, 15) is 9.59 Å². The number of carbonyl (C=O) groups excluding carboxylic acids is 2. The molecule has 0 aromatic rings. The summed E-state index contributed by atoms with van der Waals surface area (Å²) in [5.74, 6) is -1.25. The zero-order valence-corrected chi connectivity index (χ0v) is 11.4. The number of rotatable bonds is 7. The van der Waals surface area contributed by atoms with Gasteiger partial charge in [-0.15, -0.1) is 0 Å². The van der Waals surface area contributed by atoms with Crippen LogP contribution in [0.3, 0.4) is 0 Å². The van der Waals surface area contributed by atoms with E-state index in [1.807, 2.05) is 6.92 Å². The second kappa shape index (κ2) is 8.51. The molecule has 0 heterocycles. The van der Waals surface area contributed by atoms with Crippen molar-refractivity contribution in [2.24, 2.45) is 11.8 Å². The molecule has 0 saturated carbocycles. The van der Waals surface area contributed by atoms with E-state index in [1.165, 1.54) is 14.0 Å². The maximum Gasteiger partial charge on any atom is 0.308 e. The minimum atomic E-state index is -0.416. The van der Waals surface area contributed by atoms with Crippen molar-refractivity contribution in [3.63, 3.8) is 0 Å². The topological polar surface area (TPSA) is 76.4 Å². The number of esters is 2. The van der Waals surface area contributed by atoms with Crippen LogP contribution in [0.5, 0.6) is 0 Å². The molecular weight excluding hydrogens is 234 g/mol. The van der Waals surface area contributed by atoms with Crippen molar-refractivity contribution in [1.29, 1.82) is 5.26 Å². The van der Waals surface area contributed by atoms with E-state index >= 15 is 0 Å². The lowest BCUT2D eigenvalue weighted by Crippen LogP contribution is -2.25. The SMILES string of the molecule is CCC(C#N)CC(CC(C)C(=O)OC)OC(C)=O.